The molecule has 1 aliphatic rings. The van der Waals surface area contributed by atoms with Gasteiger partial charge in [0.1, 0.15) is 10.6 Å². The van der Waals surface area contributed by atoms with Crippen molar-refractivity contribution in [3.05, 3.63) is 40.9 Å². The van der Waals surface area contributed by atoms with Gasteiger partial charge in [-0.25, -0.2) is 22.8 Å². The Hall–Kier alpha value is -2.63. The fraction of sp³-hybridized carbons (Fsp3) is 0.458. The Bertz CT molecular complexity index is 1360. The molecule has 0 aliphatic carbocycles. The molecule has 3 heterocycles. The molecule has 12 heteroatoms. The number of thiazole rings is 1. The first kappa shape index (κ1) is 26.4. The number of hydrogen-bond donors (Lipinski definition) is 1. The second-order valence-electron chi connectivity index (χ2n) is 9.71. The van der Waals surface area contributed by atoms with Crippen LogP contribution in [0.5, 0.6) is 0 Å². The lowest BCUT2D eigenvalue weighted by Crippen LogP contribution is -2.42. The van der Waals surface area contributed by atoms with Gasteiger partial charge in [-0.1, -0.05) is 11.6 Å². The monoisotopic (exact) mass is 552 g/mol. The van der Waals surface area contributed by atoms with Crippen LogP contribution in [-0.2, 0) is 19.4 Å². The minimum atomic E-state index is -3.99. The van der Waals surface area contributed by atoms with Gasteiger partial charge in [-0.2, -0.15) is 0 Å². The first-order valence-corrected chi connectivity index (χ1v) is 14.5. The van der Waals surface area contributed by atoms with E-state index in [2.05, 4.69) is 10.3 Å². The number of ether oxygens (including phenoxy) is 1. The minimum absolute atomic E-state index is 0.177. The van der Waals surface area contributed by atoms with Crippen molar-refractivity contribution in [3.63, 3.8) is 0 Å². The van der Waals surface area contributed by atoms with Crippen LogP contribution >= 0.6 is 22.9 Å². The molecule has 0 unspecified atom stereocenters. The number of nitrogens with one attached hydrogen (secondary N) is 1. The number of sulfone groups is 1. The fourth-order valence-corrected chi connectivity index (χ4v) is 6.31. The lowest BCUT2D eigenvalue weighted by Gasteiger charge is -2.32. The average molecular weight is 553 g/mol. The van der Waals surface area contributed by atoms with Crippen LogP contribution in [0.1, 0.15) is 40.0 Å². The first-order valence-electron chi connectivity index (χ1n) is 11.6. The maximum atomic E-state index is 13.3. The molecule has 3 aromatic rings. The number of piperidine rings is 1. The molecule has 2 aromatic heterocycles. The number of carbonyl (C=O) groups is 2. The SMILES string of the molecule is CC(C)(C)OC(=O)n1c(S(=O)(=O)CCC(=O)N2CCC(Nc3nccs3)CC2)cc2cc(Cl)ccc21. The quantitative estimate of drug-likeness (QED) is 0.467. The third-order valence-corrected chi connectivity index (χ3v) is 8.44. The number of carbonyl (C=O) groups excluding carboxylic acids is 2. The molecule has 1 fully saturated rings. The number of hydrogen-bond acceptors (Lipinski definition) is 8. The first-order chi connectivity index (χ1) is 16.9. The molecule has 0 spiro atoms. The van der Waals surface area contributed by atoms with Crippen LogP contribution in [0.4, 0.5) is 9.93 Å². The predicted molar refractivity (Wildman–Crippen MR) is 141 cm³/mol. The van der Waals surface area contributed by atoms with E-state index in [-0.39, 0.29) is 23.4 Å². The Morgan fingerprint density at radius 3 is 2.58 bits per heavy atom. The van der Waals surface area contributed by atoms with E-state index in [0.717, 1.165) is 22.5 Å². The van der Waals surface area contributed by atoms with Crippen LogP contribution in [-0.4, -0.2) is 65.4 Å². The van der Waals surface area contributed by atoms with Gasteiger partial charge in [-0.15, -0.1) is 11.3 Å². The van der Waals surface area contributed by atoms with E-state index in [1.807, 2.05) is 5.38 Å². The standard InChI is InChI=1S/C24H29ClN4O5S2/c1-24(2,3)34-23(31)29-19-5-4-17(25)14-16(19)15-21(29)36(32,33)13-8-20(30)28-10-6-18(7-11-28)27-22-26-9-12-35-22/h4-5,9,12,14-15,18H,6-8,10-11,13H2,1-3H3,(H,26,27). The number of amides is 1. The van der Waals surface area contributed by atoms with Crippen molar-refractivity contribution in [1.29, 1.82) is 0 Å². The van der Waals surface area contributed by atoms with Gasteiger partial charge in [0.2, 0.25) is 5.91 Å². The zero-order valence-electron chi connectivity index (χ0n) is 20.4. The summed E-state index contributed by atoms with van der Waals surface area (Å²) in [6.07, 6.45) is 2.27. The Labute approximate surface area is 219 Å². The molecule has 0 bridgehead atoms. The molecule has 1 saturated heterocycles. The Balaban J connectivity index is 1.46. The second kappa shape index (κ2) is 10.4. The topological polar surface area (TPSA) is 111 Å². The molecule has 1 aliphatic heterocycles. The maximum Gasteiger partial charge on any atom is 0.420 e. The fourth-order valence-electron chi connectivity index (χ4n) is 4.11. The van der Waals surface area contributed by atoms with Crippen LogP contribution in [0.25, 0.3) is 10.9 Å². The van der Waals surface area contributed by atoms with Gasteiger partial charge in [-0.05, 0) is 57.9 Å². The normalized spacial score (nSPS) is 15.3. The second-order valence-corrected chi connectivity index (χ2v) is 13.1. The van der Waals surface area contributed by atoms with Crippen molar-refractivity contribution in [2.24, 2.45) is 0 Å². The van der Waals surface area contributed by atoms with Crippen LogP contribution in [0.2, 0.25) is 5.02 Å². The van der Waals surface area contributed by atoms with E-state index >= 15 is 0 Å². The molecule has 4 rings (SSSR count). The minimum Gasteiger partial charge on any atom is -0.443 e. The molecule has 9 nitrogen and oxygen atoms in total. The van der Waals surface area contributed by atoms with Gasteiger partial charge in [-0.3, -0.25) is 4.79 Å². The highest BCUT2D eigenvalue weighted by atomic mass is 35.5. The summed E-state index contributed by atoms with van der Waals surface area (Å²) in [5, 5.41) is 6.81. The van der Waals surface area contributed by atoms with Gasteiger partial charge in [0.05, 0.1) is 11.3 Å². The summed E-state index contributed by atoms with van der Waals surface area (Å²) in [4.78, 5) is 31.7. The van der Waals surface area contributed by atoms with E-state index in [0.29, 0.717) is 29.0 Å². The summed E-state index contributed by atoms with van der Waals surface area (Å²) in [6, 6.07) is 6.38. The van der Waals surface area contributed by atoms with Crippen LogP contribution in [0.3, 0.4) is 0 Å². The van der Waals surface area contributed by atoms with Crippen molar-refractivity contribution in [2.75, 3.05) is 24.2 Å². The number of likely N-dealkylation sites (tertiary alicyclic amines) is 1. The highest BCUT2D eigenvalue weighted by Gasteiger charge is 2.30. The van der Waals surface area contributed by atoms with Crippen molar-refractivity contribution >= 4 is 60.8 Å². The highest BCUT2D eigenvalue weighted by molar-refractivity contribution is 7.91. The average Bonchev–Trinajstić information content (AvgIpc) is 3.44. The molecular formula is C24H29ClN4O5S2. The Morgan fingerprint density at radius 1 is 1.22 bits per heavy atom. The Kier molecular flexibility index (Phi) is 7.63. The van der Waals surface area contributed by atoms with E-state index in [1.165, 1.54) is 17.4 Å². The van der Waals surface area contributed by atoms with Crippen molar-refractivity contribution < 1.29 is 22.7 Å². The van der Waals surface area contributed by atoms with E-state index < -0.39 is 27.3 Å². The number of benzene rings is 1. The molecule has 0 atom stereocenters. The van der Waals surface area contributed by atoms with Crippen molar-refractivity contribution in [3.8, 4) is 0 Å². The van der Waals surface area contributed by atoms with Gasteiger partial charge < -0.3 is 15.0 Å². The molecular weight excluding hydrogens is 524 g/mol. The molecule has 194 valence electrons. The molecule has 1 amide bonds. The van der Waals surface area contributed by atoms with Crippen molar-refractivity contribution in [2.45, 2.75) is 56.7 Å². The molecule has 1 aromatic carbocycles. The summed E-state index contributed by atoms with van der Waals surface area (Å²) in [5.41, 5.74) is -0.453. The number of halogens is 1. The molecule has 0 radical (unpaired) electrons. The van der Waals surface area contributed by atoms with Gasteiger partial charge in [0, 0.05) is 47.5 Å². The van der Waals surface area contributed by atoms with Gasteiger partial charge in [0.25, 0.3) is 0 Å². The number of fused-ring (bicyclic) bond motifs is 1. The molecule has 1 N–H and O–H groups in total. The van der Waals surface area contributed by atoms with E-state index in [1.54, 1.807) is 50.1 Å². The van der Waals surface area contributed by atoms with Crippen LogP contribution in [0.15, 0.2) is 40.9 Å². The number of rotatable bonds is 6. The van der Waals surface area contributed by atoms with Crippen molar-refractivity contribution in [1.82, 2.24) is 14.5 Å². The summed E-state index contributed by atoms with van der Waals surface area (Å²) in [6.45, 7) is 6.19. The zero-order chi connectivity index (χ0) is 26.1. The largest absolute Gasteiger partial charge is 0.443 e. The van der Waals surface area contributed by atoms with Gasteiger partial charge in [0.15, 0.2) is 15.0 Å². The molecule has 0 saturated carbocycles. The summed E-state index contributed by atoms with van der Waals surface area (Å²) < 4.78 is 33.2. The smallest absolute Gasteiger partial charge is 0.420 e. The number of anilines is 1. The number of aromatic nitrogens is 2. The van der Waals surface area contributed by atoms with Crippen LogP contribution in [0, 0.1) is 0 Å². The van der Waals surface area contributed by atoms with Gasteiger partial charge >= 0.3 is 6.09 Å². The third-order valence-electron chi connectivity index (χ3n) is 5.82. The maximum absolute atomic E-state index is 13.3. The number of nitrogens with zero attached hydrogens (tertiary/aromatic N) is 3. The van der Waals surface area contributed by atoms with E-state index in [9.17, 15) is 18.0 Å². The lowest BCUT2D eigenvalue weighted by molar-refractivity contribution is -0.131. The van der Waals surface area contributed by atoms with E-state index in [4.69, 9.17) is 16.3 Å². The Morgan fingerprint density at radius 2 is 1.94 bits per heavy atom. The predicted octanol–water partition coefficient (Wildman–Crippen LogP) is 4.80. The summed E-state index contributed by atoms with van der Waals surface area (Å²) in [7, 11) is -3.99. The third kappa shape index (κ3) is 6.19. The highest BCUT2D eigenvalue weighted by Crippen LogP contribution is 2.28. The summed E-state index contributed by atoms with van der Waals surface area (Å²) >= 11 is 7.62. The van der Waals surface area contributed by atoms with Crippen LogP contribution < -0.4 is 5.32 Å². The molecule has 36 heavy (non-hydrogen) atoms. The zero-order valence-corrected chi connectivity index (χ0v) is 22.8. The lowest BCUT2D eigenvalue weighted by atomic mass is 10.1. The summed E-state index contributed by atoms with van der Waals surface area (Å²) in [5.74, 6) is -0.648.